The fourth-order valence-corrected chi connectivity index (χ4v) is 4.10. The first-order valence-corrected chi connectivity index (χ1v) is 9.54. The van der Waals surface area contributed by atoms with Crippen LogP contribution in [0.15, 0.2) is 72.8 Å². The van der Waals surface area contributed by atoms with Gasteiger partial charge in [-0.15, -0.1) is 0 Å². The van der Waals surface area contributed by atoms with Crippen molar-refractivity contribution in [2.24, 2.45) is 0 Å². The molecule has 0 aliphatic carbocycles. The minimum atomic E-state index is -0.512. The molecule has 6 nitrogen and oxygen atoms in total. The number of benzene rings is 4. The van der Waals surface area contributed by atoms with Gasteiger partial charge in [-0.05, 0) is 46.2 Å². The highest BCUT2D eigenvalue weighted by atomic mass is 35.5. The molecule has 0 unspecified atom stereocenters. The van der Waals surface area contributed by atoms with Crippen molar-refractivity contribution in [3.05, 3.63) is 103 Å². The smallest absolute Gasteiger partial charge is 0.258 e. The van der Waals surface area contributed by atoms with Crippen molar-refractivity contribution in [3.63, 3.8) is 0 Å². The van der Waals surface area contributed by atoms with Crippen molar-refractivity contribution in [1.82, 2.24) is 0 Å². The molecule has 0 bridgehead atoms. The minimum absolute atomic E-state index is 0.0381. The van der Waals surface area contributed by atoms with Crippen LogP contribution in [0.4, 0.5) is 11.4 Å². The van der Waals surface area contributed by atoms with E-state index in [1.807, 2.05) is 12.1 Å². The summed E-state index contributed by atoms with van der Waals surface area (Å²) in [6, 6.07) is 20.2. The third-order valence-electron chi connectivity index (χ3n) is 4.84. The molecule has 8 heteroatoms. The summed E-state index contributed by atoms with van der Waals surface area (Å²) in [5.41, 5.74) is 1.57. The van der Waals surface area contributed by atoms with Crippen LogP contribution < -0.4 is 0 Å². The van der Waals surface area contributed by atoms with E-state index in [1.165, 1.54) is 12.1 Å². The molecule has 0 aromatic heterocycles. The van der Waals surface area contributed by atoms with Gasteiger partial charge in [0.25, 0.3) is 11.4 Å². The molecule has 0 amide bonds. The largest absolute Gasteiger partial charge is 0.295 e. The first-order valence-electron chi connectivity index (χ1n) is 8.78. The van der Waals surface area contributed by atoms with Crippen LogP contribution in [0, 0.1) is 20.2 Å². The molecular weight excluding hydrogens is 427 g/mol. The van der Waals surface area contributed by atoms with E-state index in [2.05, 4.69) is 0 Å². The quantitative estimate of drug-likeness (QED) is 0.247. The normalized spacial score (nSPS) is 10.9. The summed E-state index contributed by atoms with van der Waals surface area (Å²) in [6.45, 7) is 0. The summed E-state index contributed by atoms with van der Waals surface area (Å²) in [6.07, 6.45) is 0. The molecule has 0 radical (unpaired) electrons. The highest BCUT2D eigenvalue weighted by molar-refractivity contribution is 6.34. The van der Waals surface area contributed by atoms with Gasteiger partial charge in [-0.25, -0.2) is 0 Å². The average Bonchev–Trinajstić information content (AvgIpc) is 2.72. The van der Waals surface area contributed by atoms with E-state index in [0.717, 1.165) is 0 Å². The Kier molecular flexibility index (Phi) is 5.11. The molecule has 148 valence electrons. The van der Waals surface area contributed by atoms with Crippen LogP contribution in [-0.4, -0.2) is 9.85 Å². The topological polar surface area (TPSA) is 86.3 Å². The van der Waals surface area contributed by atoms with Gasteiger partial charge in [0.2, 0.25) is 0 Å². The predicted octanol–water partition coefficient (Wildman–Crippen LogP) is 7.30. The summed E-state index contributed by atoms with van der Waals surface area (Å²) in [7, 11) is 0. The van der Waals surface area contributed by atoms with Crippen molar-refractivity contribution in [1.29, 1.82) is 0 Å². The molecule has 0 aliphatic heterocycles. The maximum absolute atomic E-state index is 11.6. The lowest BCUT2D eigenvalue weighted by atomic mass is 9.92. The monoisotopic (exact) mass is 438 g/mol. The first kappa shape index (κ1) is 19.8. The molecule has 0 saturated heterocycles. The van der Waals surface area contributed by atoms with Crippen molar-refractivity contribution in [2.45, 2.75) is 0 Å². The van der Waals surface area contributed by atoms with Crippen LogP contribution in [0.5, 0.6) is 0 Å². The van der Waals surface area contributed by atoms with E-state index in [4.69, 9.17) is 23.2 Å². The van der Waals surface area contributed by atoms with Gasteiger partial charge in [0.05, 0.1) is 21.0 Å². The third kappa shape index (κ3) is 3.26. The van der Waals surface area contributed by atoms with Gasteiger partial charge in [-0.1, -0.05) is 71.7 Å². The van der Waals surface area contributed by atoms with Crippen molar-refractivity contribution in [3.8, 4) is 22.3 Å². The number of nitro groups is 2. The lowest BCUT2D eigenvalue weighted by Crippen LogP contribution is -1.95. The Bertz CT molecular complexity index is 1240. The van der Waals surface area contributed by atoms with Gasteiger partial charge in [0.15, 0.2) is 0 Å². The Hall–Kier alpha value is -3.48. The second kappa shape index (κ2) is 7.74. The summed E-state index contributed by atoms with van der Waals surface area (Å²) in [5.74, 6) is 0. The van der Waals surface area contributed by atoms with Gasteiger partial charge in [0.1, 0.15) is 10.0 Å². The molecular formula is C22H12Cl2N2O4. The van der Waals surface area contributed by atoms with E-state index in [9.17, 15) is 20.2 Å². The zero-order valence-corrected chi connectivity index (χ0v) is 16.7. The number of fused-ring (bicyclic) bond motifs is 1. The van der Waals surface area contributed by atoms with E-state index >= 15 is 0 Å². The number of nitro benzene ring substituents is 2. The second-order valence-corrected chi connectivity index (χ2v) is 7.31. The zero-order chi connectivity index (χ0) is 21.4. The lowest BCUT2D eigenvalue weighted by Gasteiger charge is -2.12. The van der Waals surface area contributed by atoms with Crippen LogP contribution in [-0.2, 0) is 0 Å². The van der Waals surface area contributed by atoms with Crippen molar-refractivity contribution < 1.29 is 9.85 Å². The Balaban J connectivity index is 2.06. The maximum Gasteiger partial charge on any atom is 0.295 e. The molecule has 0 fully saturated rings. The molecule has 0 atom stereocenters. The fourth-order valence-electron chi connectivity index (χ4n) is 3.62. The van der Waals surface area contributed by atoms with Crippen molar-refractivity contribution in [2.75, 3.05) is 0 Å². The van der Waals surface area contributed by atoms with Crippen molar-refractivity contribution >= 4 is 45.3 Å². The fraction of sp³-hybridized carbons (Fsp3) is 0. The summed E-state index contributed by atoms with van der Waals surface area (Å²) in [4.78, 5) is 22.2. The van der Waals surface area contributed by atoms with Gasteiger partial charge in [0, 0.05) is 0 Å². The average molecular weight is 439 g/mol. The Labute approximate surface area is 180 Å². The Morgan fingerprint density at radius 1 is 0.533 bits per heavy atom. The number of nitrogens with zero attached hydrogens (tertiary/aromatic N) is 2. The van der Waals surface area contributed by atoms with E-state index in [0.29, 0.717) is 33.0 Å². The lowest BCUT2D eigenvalue weighted by molar-refractivity contribution is -0.384. The number of hydrogen-bond donors (Lipinski definition) is 0. The molecule has 0 heterocycles. The van der Waals surface area contributed by atoms with Crippen LogP contribution in [0.1, 0.15) is 0 Å². The molecule has 0 saturated carbocycles. The molecule has 30 heavy (non-hydrogen) atoms. The van der Waals surface area contributed by atoms with Gasteiger partial charge < -0.3 is 0 Å². The summed E-state index contributed by atoms with van der Waals surface area (Å²) >= 11 is 12.2. The predicted molar refractivity (Wildman–Crippen MR) is 118 cm³/mol. The second-order valence-electron chi connectivity index (χ2n) is 6.49. The molecule has 0 N–H and O–H groups in total. The molecule has 4 aromatic carbocycles. The molecule has 0 aliphatic rings. The molecule has 4 aromatic rings. The van der Waals surface area contributed by atoms with E-state index in [-0.39, 0.29) is 21.4 Å². The zero-order valence-electron chi connectivity index (χ0n) is 15.2. The van der Waals surface area contributed by atoms with Crippen LogP contribution in [0.2, 0.25) is 10.0 Å². The Morgan fingerprint density at radius 3 is 1.23 bits per heavy atom. The third-order valence-corrected chi connectivity index (χ3v) is 5.45. The summed E-state index contributed by atoms with van der Waals surface area (Å²) in [5, 5.41) is 24.7. The van der Waals surface area contributed by atoms with E-state index < -0.39 is 9.85 Å². The summed E-state index contributed by atoms with van der Waals surface area (Å²) < 4.78 is 0. The minimum Gasteiger partial charge on any atom is -0.258 e. The number of hydrogen-bond acceptors (Lipinski definition) is 4. The maximum atomic E-state index is 11.6. The highest BCUT2D eigenvalue weighted by Gasteiger charge is 2.23. The van der Waals surface area contributed by atoms with Gasteiger partial charge >= 0.3 is 0 Å². The number of para-hydroxylation sites is 2. The number of halogens is 2. The van der Waals surface area contributed by atoms with Crippen LogP contribution in [0.25, 0.3) is 33.0 Å². The Morgan fingerprint density at radius 2 is 0.867 bits per heavy atom. The van der Waals surface area contributed by atoms with Gasteiger partial charge in [-0.3, -0.25) is 20.2 Å². The van der Waals surface area contributed by atoms with Crippen LogP contribution >= 0.6 is 23.2 Å². The molecule has 0 spiro atoms. The van der Waals surface area contributed by atoms with Crippen LogP contribution in [0.3, 0.4) is 0 Å². The molecule has 4 rings (SSSR count). The SMILES string of the molecule is O=[N+]([O-])c1c(Cl)cccc1-c1cccc2c(-c3cccc(Cl)c3[N+](=O)[O-])cccc12. The van der Waals surface area contributed by atoms with E-state index in [1.54, 1.807) is 48.5 Å². The first-order chi connectivity index (χ1) is 14.4. The standard InChI is InChI=1S/C22H12Cl2N2O4/c23-19-11-3-9-17(21(19)25(27)28)15-7-1-5-13-14(15)6-2-8-16(13)18-10-4-12-20(24)22(18)26(29)30/h1-12H. The highest BCUT2D eigenvalue weighted by Crippen LogP contribution is 2.43. The number of rotatable bonds is 4. The van der Waals surface area contributed by atoms with Gasteiger partial charge in [-0.2, -0.15) is 0 Å².